The molecule has 2 aromatic rings. The van der Waals surface area contributed by atoms with Gasteiger partial charge in [-0.1, -0.05) is 30.3 Å². The van der Waals surface area contributed by atoms with E-state index < -0.39 is 11.5 Å². The highest BCUT2D eigenvalue weighted by molar-refractivity contribution is 5.92. The number of rotatable bonds is 4. The third-order valence-corrected chi connectivity index (χ3v) is 5.46. The second kappa shape index (κ2) is 7.57. The van der Waals surface area contributed by atoms with Crippen LogP contribution in [0.4, 0.5) is 0 Å². The molecule has 2 aliphatic rings. The van der Waals surface area contributed by atoms with Gasteiger partial charge in [-0.3, -0.25) is 14.4 Å². The van der Waals surface area contributed by atoms with Crippen LogP contribution in [-0.2, 0) is 11.2 Å². The molecule has 1 aliphatic carbocycles. The number of primary amides is 1. The summed E-state index contributed by atoms with van der Waals surface area (Å²) in [4.78, 5) is 39.0. The number of hydrogen-bond donors (Lipinski definition) is 5. The third-order valence-electron chi connectivity index (χ3n) is 5.46. The summed E-state index contributed by atoms with van der Waals surface area (Å²) in [6.07, 6.45) is 2.92. The molecule has 6 N–H and O–H groups in total. The van der Waals surface area contributed by atoms with Crippen LogP contribution in [0.5, 0.6) is 0 Å². The molecule has 3 unspecified atom stereocenters. The van der Waals surface area contributed by atoms with Crippen molar-refractivity contribution < 1.29 is 9.59 Å². The number of carbonyl (C=O) groups is 2. The summed E-state index contributed by atoms with van der Waals surface area (Å²) in [5.41, 5.74) is 13.6. The first-order valence-corrected chi connectivity index (χ1v) is 9.45. The molecule has 1 aliphatic heterocycles. The fraction of sp³-hybridized carbons (Fsp3) is 0.350. The van der Waals surface area contributed by atoms with E-state index >= 15 is 0 Å². The van der Waals surface area contributed by atoms with Crippen LogP contribution in [0.3, 0.4) is 0 Å². The van der Waals surface area contributed by atoms with Gasteiger partial charge < -0.3 is 16.0 Å². The predicted molar refractivity (Wildman–Crippen MR) is 103 cm³/mol. The molecule has 146 valence electrons. The van der Waals surface area contributed by atoms with Crippen molar-refractivity contribution >= 4 is 11.8 Å². The summed E-state index contributed by atoms with van der Waals surface area (Å²) >= 11 is 0. The molecule has 28 heavy (non-hydrogen) atoms. The zero-order valence-electron chi connectivity index (χ0n) is 15.3. The number of H-pyrrole nitrogens is 1. The Morgan fingerprint density at radius 1 is 1.14 bits per heavy atom. The molecule has 0 saturated carbocycles. The molecule has 8 heteroatoms. The standard InChI is InChI=1S/C20H23N5O3/c21-18(26)13-9-12-14(22-19(13)27)7-4-8-15(12)23-20(28)17-10-16(24-25-17)11-5-2-1-3-6-11/h1-3,5-6,9,15-17,24-25H,4,7-8,10H2,(H2,21,26)(H,22,27)(H,23,28). The van der Waals surface area contributed by atoms with E-state index in [1.54, 1.807) is 0 Å². The number of hydrogen-bond acceptors (Lipinski definition) is 5. The van der Waals surface area contributed by atoms with Crippen LogP contribution in [0.25, 0.3) is 0 Å². The molecular formula is C20H23N5O3. The molecule has 2 heterocycles. The Morgan fingerprint density at radius 2 is 1.93 bits per heavy atom. The van der Waals surface area contributed by atoms with Gasteiger partial charge in [-0.05, 0) is 42.9 Å². The minimum Gasteiger partial charge on any atom is -0.365 e. The molecule has 1 aromatic carbocycles. The van der Waals surface area contributed by atoms with Gasteiger partial charge in [0, 0.05) is 11.7 Å². The van der Waals surface area contributed by atoms with Gasteiger partial charge in [0.1, 0.15) is 11.6 Å². The molecule has 0 bridgehead atoms. The molecule has 2 amide bonds. The first-order chi connectivity index (χ1) is 13.5. The monoisotopic (exact) mass is 381 g/mol. The van der Waals surface area contributed by atoms with Gasteiger partial charge in [-0.2, -0.15) is 0 Å². The highest BCUT2D eigenvalue weighted by Gasteiger charge is 2.32. The molecule has 4 rings (SSSR count). The van der Waals surface area contributed by atoms with Gasteiger partial charge in [-0.25, -0.2) is 10.9 Å². The van der Waals surface area contributed by atoms with E-state index in [0.29, 0.717) is 12.8 Å². The fourth-order valence-electron chi connectivity index (χ4n) is 3.98. The maximum atomic E-state index is 12.8. The van der Waals surface area contributed by atoms with Crippen LogP contribution in [0.2, 0.25) is 0 Å². The lowest BCUT2D eigenvalue weighted by Gasteiger charge is -2.27. The van der Waals surface area contributed by atoms with Crippen molar-refractivity contribution in [1.82, 2.24) is 21.2 Å². The molecular weight excluding hydrogens is 358 g/mol. The van der Waals surface area contributed by atoms with Crippen molar-refractivity contribution in [3.05, 3.63) is 69.1 Å². The number of pyridine rings is 1. The maximum Gasteiger partial charge on any atom is 0.261 e. The van der Waals surface area contributed by atoms with Crippen LogP contribution < -0.4 is 27.5 Å². The first kappa shape index (κ1) is 18.4. The summed E-state index contributed by atoms with van der Waals surface area (Å²) in [7, 11) is 0. The molecule has 1 saturated heterocycles. The number of fused-ring (bicyclic) bond motifs is 1. The van der Waals surface area contributed by atoms with Crippen LogP contribution in [0, 0.1) is 0 Å². The molecule has 3 atom stereocenters. The Labute approximate surface area is 161 Å². The zero-order valence-corrected chi connectivity index (χ0v) is 15.3. The topological polar surface area (TPSA) is 129 Å². The summed E-state index contributed by atoms with van der Waals surface area (Å²) in [6, 6.07) is 10.9. The van der Waals surface area contributed by atoms with E-state index in [0.717, 1.165) is 29.7 Å². The van der Waals surface area contributed by atoms with Crippen molar-refractivity contribution in [3.8, 4) is 0 Å². The van der Waals surface area contributed by atoms with Crippen molar-refractivity contribution in [2.45, 2.75) is 43.8 Å². The average Bonchev–Trinajstić information content (AvgIpc) is 3.18. The summed E-state index contributed by atoms with van der Waals surface area (Å²) in [6.45, 7) is 0. The lowest BCUT2D eigenvalue weighted by molar-refractivity contribution is -0.123. The van der Waals surface area contributed by atoms with Crippen molar-refractivity contribution in [1.29, 1.82) is 0 Å². The van der Waals surface area contributed by atoms with Crippen molar-refractivity contribution in [3.63, 3.8) is 0 Å². The van der Waals surface area contributed by atoms with Crippen LogP contribution >= 0.6 is 0 Å². The van der Waals surface area contributed by atoms with Crippen molar-refractivity contribution in [2.75, 3.05) is 0 Å². The molecule has 0 spiro atoms. The van der Waals surface area contributed by atoms with E-state index in [4.69, 9.17) is 5.73 Å². The molecule has 0 radical (unpaired) electrons. The highest BCUT2D eigenvalue weighted by Crippen LogP contribution is 2.29. The van der Waals surface area contributed by atoms with E-state index in [9.17, 15) is 14.4 Å². The minimum atomic E-state index is -0.771. The predicted octanol–water partition coefficient (Wildman–Crippen LogP) is 0.575. The van der Waals surface area contributed by atoms with E-state index in [1.165, 1.54) is 6.07 Å². The number of benzene rings is 1. The number of nitrogens with two attached hydrogens (primary N) is 1. The Balaban J connectivity index is 1.48. The quantitative estimate of drug-likeness (QED) is 0.529. The number of aryl methyl sites for hydroxylation is 1. The largest absolute Gasteiger partial charge is 0.365 e. The number of amides is 2. The smallest absolute Gasteiger partial charge is 0.261 e. The van der Waals surface area contributed by atoms with Crippen molar-refractivity contribution in [2.24, 2.45) is 5.73 Å². The van der Waals surface area contributed by atoms with Gasteiger partial charge in [0.05, 0.1) is 6.04 Å². The number of carbonyl (C=O) groups excluding carboxylic acids is 2. The SMILES string of the molecule is NC(=O)c1cc2c([nH]c1=O)CCCC2NC(=O)C1CC(c2ccccc2)NN1. The fourth-order valence-corrected chi connectivity index (χ4v) is 3.98. The third kappa shape index (κ3) is 3.56. The van der Waals surface area contributed by atoms with Gasteiger partial charge >= 0.3 is 0 Å². The van der Waals surface area contributed by atoms with Crippen LogP contribution in [-0.4, -0.2) is 22.8 Å². The molecule has 1 aromatic heterocycles. The van der Waals surface area contributed by atoms with Gasteiger partial charge in [0.2, 0.25) is 5.91 Å². The number of aromatic amines is 1. The average molecular weight is 381 g/mol. The highest BCUT2D eigenvalue weighted by atomic mass is 16.2. The Bertz CT molecular complexity index is 956. The van der Waals surface area contributed by atoms with Gasteiger partial charge in [0.25, 0.3) is 11.5 Å². The van der Waals surface area contributed by atoms with E-state index in [2.05, 4.69) is 21.2 Å². The van der Waals surface area contributed by atoms with E-state index in [-0.39, 0.29) is 29.6 Å². The van der Waals surface area contributed by atoms with E-state index in [1.807, 2.05) is 30.3 Å². The number of nitrogens with one attached hydrogen (secondary N) is 4. The lowest BCUT2D eigenvalue weighted by atomic mass is 9.90. The second-order valence-corrected chi connectivity index (χ2v) is 7.30. The van der Waals surface area contributed by atoms with Gasteiger partial charge in [0.15, 0.2) is 0 Å². The lowest BCUT2D eigenvalue weighted by Crippen LogP contribution is -2.45. The summed E-state index contributed by atoms with van der Waals surface area (Å²) in [5.74, 6) is -0.886. The number of aromatic nitrogens is 1. The molecule has 1 fully saturated rings. The maximum absolute atomic E-state index is 12.8. The minimum absolute atomic E-state index is 0.0633. The second-order valence-electron chi connectivity index (χ2n) is 7.30. The Kier molecular flexibility index (Phi) is 4.97. The Morgan fingerprint density at radius 3 is 2.68 bits per heavy atom. The van der Waals surface area contributed by atoms with Crippen LogP contribution in [0.15, 0.2) is 41.2 Å². The summed E-state index contributed by atoms with van der Waals surface area (Å²) in [5, 5.41) is 3.06. The zero-order chi connectivity index (χ0) is 19.7. The van der Waals surface area contributed by atoms with Crippen LogP contribution in [0.1, 0.15) is 58.5 Å². The summed E-state index contributed by atoms with van der Waals surface area (Å²) < 4.78 is 0. The Hall–Kier alpha value is -2.97. The normalized spacial score (nSPS) is 23.8. The molecule has 8 nitrogen and oxygen atoms in total. The first-order valence-electron chi connectivity index (χ1n) is 9.45. The number of hydrazine groups is 1. The van der Waals surface area contributed by atoms with Gasteiger partial charge in [-0.15, -0.1) is 0 Å².